The summed E-state index contributed by atoms with van der Waals surface area (Å²) in [6.07, 6.45) is -0.652. The van der Waals surface area contributed by atoms with Crippen LogP contribution in [0.2, 0.25) is 0 Å². The maximum atomic E-state index is 13.2. The van der Waals surface area contributed by atoms with Gasteiger partial charge in [-0.3, -0.25) is 14.5 Å². The average Bonchev–Trinajstić information content (AvgIpc) is 3.10. The number of rotatable bonds is 5. The topological polar surface area (TPSA) is 62.7 Å². The van der Waals surface area contributed by atoms with E-state index in [0.29, 0.717) is 18.0 Å². The van der Waals surface area contributed by atoms with Gasteiger partial charge >= 0.3 is 0 Å². The lowest BCUT2D eigenvalue weighted by Gasteiger charge is -2.34. The van der Waals surface area contributed by atoms with E-state index in [0.717, 1.165) is 26.8 Å². The molecule has 3 aromatic rings. The maximum Gasteiger partial charge on any atom is 0.268 e. The summed E-state index contributed by atoms with van der Waals surface area (Å²) in [6.45, 7) is 8.10. The number of fused-ring (bicyclic) bond motifs is 1. The van der Waals surface area contributed by atoms with Gasteiger partial charge < -0.3 is 9.64 Å². The van der Waals surface area contributed by atoms with Crippen LogP contribution in [0.15, 0.2) is 48.5 Å². The first-order chi connectivity index (χ1) is 14.9. The number of anilines is 2. The van der Waals surface area contributed by atoms with Crippen LogP contribution < -0.4 is 14.5 Å². The Morgan fingerprint density at radius 1 is 1.19 bits per heavy atom. The fourth-order valence-corrected chi connectivity index (χ4v) is 4.69. The van der Waals surface area contributed by atoms with Crippen LogP contribution in [0.4, 0.5) is 11.4 Å². The highest BCUT2D eigenvalue weighted by atomic mass is 32.1. The van der Waals surface area contributed by atoms with Crippen molar-refractivity contribution in [1.82, 2.24) is 4.98 Å². The number of thiazole rings is 1. The fourth-order valence-electron chi connectivity index (χ4n) is 3.85. The Kier molecular flexibility index (Phi) is 5.78. The summed E-state index contributed by atoms with van der Waals surface area (Å²) in [4.78, 5) is 35.2. The van der Waals surface area contributed by atoms with Crippen LogP contribution in [-0.4, -0.2) is 36.0 Å². The molecule has 0 saturated heterocycles. The third-order valence-electron chi connectivity index (χ3n) is 5.32. The van der Waals surface area contributed by atoms with Gasteiger partial charge in [0, 0.05) is 22.7 Å². The Morgan fingerprint density at radius 3 is 2.58 bits per heavy atom. The number of nitrogens with zero attached hydrogens (tertiary/aromatic N) is 3. The Labute approximate surface area is 186 Å². The predicted octanol–water partition coefficient (Wildman–Crippen LogP) is 4.59. The molecule has 4 rings (SSSR count). The van der Waals surface area contributed by atoms with Crippen LogP contribution in [0.1, 0.15) is 23.7 Å². The van der Waals surface area contributed by atoms with Crippen molar-refractivity contribution in [1.29, 1.82) is 0 Å². The Bertz CT molecular complexity index is 1130. The summed E-state index contributed by atoms with van der Waals surface area (Å²) in [5.41, 5.74) is 3.20. The van der Waals surface area contributed by atoms with Gasteiger partial charge in [0.2, 0.25) is 5.91 Å². The van der Waals surface area contributed by atoms with Crippen molar-refractivity contribution in [2.24, 2.45) is 0 Å². The van der Waals surface area contributed by atoms with E-state index in [1.54, 1.807) is 23.2 Å². The number of para-hydroxylation sites is 1. The number of aromatic nitrogens is 1. The van der Waals surface area contributed by atoms with Gasteiger partial charge in [0.1, 0.15) is 12.3 Å². The van der Waals surface area contributed by atoms with Crippen LogP contribution in [0.5, 0.6) is 5.75 Å². The smallest absolute Gasteiger partial charge is 0.268 e. The fraction of sp³-hybridized carbons (Fsp3) is 0.292. The Balaban J connectivity index is 1.69. The van der Waals surface area contributed by atoms with Crippen LogP contribution in [0, 0.1) is 13.8 Å². The molecular formula is C24H25N3O3S. The van der Waals surface area contributed by atoms with Crippen molar-refractivity contribution in [3.05, 3.63) is 58.4 Å². The van der Waals surface area contributed by atoms with E-state index in [9.17, 15) is 9.59 Å². The third kappa shape index (κ3) is 4.05. The molecule has 1 unspecified atom stereocenters. The van der Waals surface area contributed by atoms with Crippen LogP contribution in [0.3, 0.4) is 0 Å². The molecule has 1 aromatic heterocycles. The standard InChI is InChI=1S/C24H25N3O3S/c1-5-26(19-9-7-6-8-10-19)22(28)14-27-20-13-18(23-16(3)31-17(4)25-23)11-12-21(20)30-15(2)24(27)29/h6-13,15H,5,14H2,1-4H3. The number of hydrogen-bond donors (Lipinski definition) is 0. The lowest BCUT2D eigenvalue weighted by Crippen LogP contribution is -2.49. The summed E-state index contributed by atoms with van der Waals surface area (Å²) < 4.78 is 5.82. The van der Waals surface area contributed by atoms with Crippen molar-refractivity contribution in [3.8, 4) is 17.0 Å². The second-order valence-corrected chi connectivity index (χ2v) is 8.89. The first-order valence-electron chi connectivity index (χ1n) is 10.3. The molecule has 2 amide bonds. The highest BCUT2D eigenvalue weighted by molar-refractivity contribution is 7.11. The van der Waals surface area contributed by atoms with Crippen LogP contribution >= 0.6 is 11.3 Å². The molecule has 2 aromatic carbocycles. The normalized spacial score (nSPS) is 15.4. The van der Waals surface area contributed by atoms with E-state index in [2.05, 4.69) is 4.98 Å². The van der Waals surface area contributed by atoms with Gasteiger partial charge in [0.05, 0.1) is 16.4 Å². The van der Waals surface area contributed by atoms with E-state index in [-0.39, 0.29) is 18.4 Å². The molecule has 0 fully saturated rings. The lowest BCUT2D eigenvalue weighted by atomic mass is 10.1. The molecule has 1 atom stereocenters. The number of carbonyl (C=O) groups excluding carboxylic acids is 2. The van der Waals surface area contributed by atoms with E-state index in [4.69, 9.17) is 4.74 Å². The highest BCUT2D eigenvalue weighted by Crippen LogP contribution is 2.38. The molecule has 1 aliphatic rings. The Morgan fingerprint density at radius 2 is 1.94 bits per heavy atom. The molecule has 160 valence electrons. The molecular weight excluding hydrogens is 410 g/mol. The summed E-state index contributed by atoms with van der Waals surface area (Å²) in [6, 6.07) is 15.2. The van der Waals surface area contributed by atoms with E-state index in [1.807, 2.05) is 69.3 Å². The lowest BCUT2D eigenvalue weighted by molar-refractivity contribution is -0.127. The van der Waals surface area contributed by atoms with Crippen molar-refractivity contribution in [2.75, 3.05) is 22.9 Å². The maximum absolute atomic E-state index is 13.2. The van der Waals surface area contributed by atoms with Crippen molar-refractivity contribution >= 4 is 34.5 Å². The number of ether oxygens (including phenoxy) is 1. The van der Waals surface area contributed by atoms with Crippen molar-refractivity contribution in [2.45, 2.75) is 33.8 Å². The van der Waals surface area contributed by atoms with Gasteiger partial charge in [-0.2, -0.15) is 0 Å². The van der Waals surface area contributed by atoms with Gasteiger partial charge in [-0.25, -0.2) is 4.98 Å². The number of likely N-dealkylation sites (N-methyl/N-ethyl adjacent to an activating group) is 1. The SMILES string of the molecule is CCN(C(=O)CN1C(=O)C(C)Oc2ccc(-c3nc(C)sc3C)cc21)c1ccccc1. The summed E-state index contributed by atoms with van der Waals surface area (Å²) in [7, 11) is 0. The molecule has 0 aliphatic carbocycles. The van der Waals surface area contributed by atoms with Crippen molar-refractivity contribution in [3.63, 3.8) is 0 Å². The number of aryl methyl sites for hydroxylation is 2. The van der Waals surface area contributed by atoms with Gasteiger partial charge in [0.25, 0.3) is 5.91 Å². The average molecular weight is 436 g/mol. The number of benzene rings is 2. The first kappa shape index (κ1) is 21.1. The first-order valence-corrected chi connectivity index (χ1v) is 11.1. The van der Waals surface area contributed by atoms with E-state index in [1.165, 1.54) is 4.90 Å². The molecule has 0 bridgehead atoms. The van der Waals surface area contributed by atoms with Crippen LogP contribution in [0.25, 0.3) is 11.3 Å². The minimum atomic E-state index is -0.652. The summed E-state index contributed by atoms with van der Waals surface area (Å²) >= 11 is 1.63. The minimum Gasteiger partial charge on any atom is -0.479 e. The minimum absolute atomic E-state index is 0.0548. The van der Waals surface area contributed by atoms with Gasteiger partial charge in [0.15, 0.2) is 6.10 Å². The molecule has 1 aliphatic heterocycles. The zero-order chi connectivity index (χ0) is 22.1. The monoisotopic (exact) mass is 435 g/mol. The van der Waals surface area contributed by atoms with Crippen molar-refractivity contribution < 1.29 is 14.3 Å². The van der Waals surface area contributed by atoms with Crippen LogP contribution in [-0.2, 0) is 9.59 Å². The van der Waals surface area contributed by atoms with Gasteiger partial charge in [-0.1, -0.05) is 18.2 Å². The highest BCUT2D eigenvalue weighted by Gasteiger charge is 2.34. The zero-order valence-electron chi connectivity index (χ0n) is 18.1. The Hall–Kier alpha value is -3.19. The molecule has 6 nitrogen and oxygen atoms in total. The summed E-state index contributed by atoms with van der Waals surface area (Å²) in [5.74, 6) is 0.220. The molecule has 0 N–H and O–H groups in total. The number of hydrogen-bond acceptors (Lipinski definition) is 5. The number of carbonyl (C=O) groups is 2. The second kappa shape index (κ2) is 8.51. The van der Waals surface area contributed by atoms with E-state index < -0.39 is 6.10 Å². The zero-order valence-corrected chi connectivity index (χ0v) is 18.9. The predicted molar refractivity (Wildman–Crippen MR) is 124 cm³/mol. The molecule has 0 spiro atoms. The number of amides is 2. The molecule has 0 saturated carbocycles. The van der Waals surface area contributed by atoms with E-state index >= 15 is 0 Å². The molecule has 7 heteroatoms. The second-order valence-electron chi connectivity index (χ2n) is 7.48. The third-order valence-corrected chi connectivity index (χ3v) is 6.21. The summed E-state index contributed by atoms with van der Waals surface area (Å²) in [5, 5.41) is 0.986. The van der Waals surface area contributed by atoms with Gasteiger partial charge in [-0.05, 0) is 58.0 Å². The largest absolute Gasteiger partial charge is 0.479 e. The van der Waals surface area contributed by atoms with Gasteiger partial charge in [-0.15, -0.1) is 11.3 Å². The molecule has 0 radical (unpaired) electrons. The quantitative estimate of drug-likeness (QED) is 0.588. The molecule has 31 heavy (non-hydrogen) atoms. The molecule has 2 heterocycles.